The molecule has 0 saturated carbocycles. The molecule has 0 bridgehead atoms. The van der Waals surface area contributed by atoms with Gasteiger partial charge in [-0.2, -0.15) is 0 Å². The van der Waals surface area contributed by atoms with Crippen LogP contribution < -0.4 is 10.6 Å². The molecule has 1 fully saturated rings. The number of anilines is 2. The number of nitrogens with zero attached hydrogens (tertiary/aromatic N) is 1. The lowest BCUT2D eigenvalue weighted by Gasteiger charge is -2.29. The van der Waals surface area contributed by atoms with Crippen molar-refractivity contribution in [3.63, 3.8) is 0 Å². The van der Waals surface area contributed by atoms with Gasteiger partial charge in [-0.25, -0.2) is 4.79 Å². The molecule has 1 aliphatic heterocycles. The van der Waals surface area contributed by atoms with E-state index in [-0.39, 0.29) is 5.97 Å². The highest BCUT2D eigenvalue weighted by Gasteiger charge is 2.14. The second kappa shape index (κ2) is 5.08. The largest absolute Gasteiger partial charge is 0.465 e. The maximum Gasteiger partial charge on any atom is 0.339 e. The van der Waals surface area contributed by atoms with Gasteiger partial charge in [0.25, 0.3) is 0 Å². The summed E-state index contributed by atoms with van der Waals surface area (Å²) in [6, 6.07) is 5.54. The molecular formula is C13H18N2O2. The number of hydrogen-bond donors (Lipinski definition) is 1. The average Bonchev–Trinajstić information content (AvgIpc) is 2.39. The van der Waals surface area contributed by atoms with Gasteiger partial charge in [0, 0.05) is 24.5 Å². The maximum absolute atomic E-state index is 11.4. The van der Waals surface area contributed by atoms with E-state index in [1.165, 1.54) is 26.4 Å². The summed E-state index contributed by atoms with van der Waals surface area (Å²) < 4.78 is 4.67. The highest BCUT2D eigenvalue weighted by molar-refractivity contribution is 5.95. The molecule has 0 amide bonds. The molecule has 0 atom stereocenters. The number of methoxy groups -OCH3 is 1. The first kappa shape index (κ1) is 11.8. The first-order chi connectivity index (χ1) is 8.22. The Bertz CT molecular complexity index is 412. The van der Waals surface area contributed by atoms with E-state index in [2.05, 4.69) is 9.64 Å². The Labute approximate surface area is 101 Å². The van der Waals surface area contributed by atoms with Crippen LogP contribution in [-0.4, -0.2) is 26.2 Å². The third-order valence-electron chi connectivity index (χ3n) is 3.16. The van der Waals surface area contributed by atoms with Gasteiger partial charge in [-0.15, -0.1) is 0 Å². The normalized spacial score (nSPS) is 15.7. The second-order valence-corrected chi connectivity index (χ2v) is 4.31. The lowest BCUT2D eigenvalue weighted by atomic mass is 10.1. The van der Waals surface area contributed by atoms with Gasteiger partial charge in [-0.1, -0.05) is 0 Å². The van der Waals surface area contributed by atoms with E-state index >= 15 is 0 Å². The molecule has 0 aliphatic carbocycles. The summed E-state index contributed by atoms with van der Waals surface area (Å²) in [5, 5.41) is 0. The molecule has 1 saturated heterocycles. The van der Waals surface area contributed by atoms with Crippen molar-refractivity contribution in [1.29, 1.82) is 0 Å². The standard InChI is InChI=1S/C13H18N2O2/c1-17-13(16)11-6-5-10(9-12(11)14)15-7-3-2-4-8-15/h5-6,9H,2-4,7-8,14H2,1H3. The molecule has 17 heavy (non-hydrogen) atoms. The summed E-state index contributed by atoms with van der Waals surface area (Å²) in [5.41, 5.74) is 7.89. The number of nitrogens with two attached hydrogens (primary N) is 1. The van der Waals surface area contributed by atoms with Gasteiger partial charge in [0.15, 0.2) is 0 Å². The molecule has 4 heteroatoms. The highest BCUT2D eigenvalue weighted by Crippen LogP contribution is 2.24. The molecule has 4 nitrogen and oxygen atoms in total. The highest BCUT2D eigenvalue weighted by atomic mass is 16.5. The zero-order chi connectivity index (χ0) is 12.3. The van der Waals surface area contributed by atoms with Crippen LogP contribution in [0.2, 0.25) is 0 Å². The Balaban J connectivity index is 2.20. The molecule has 1 aromatic rings. The second-order valence-electron chi connectivity index (χ2n) is 4.31. The molecule has 0 unspecified atom stereocenters. The van der Waals surface area contributed by atoms with E-state index in [0.29, 0.717) is 11.3 Å². The van der Waals surface area contributed by atoms with Gasteiger partial charge >= 0.3 is 5.97 Å². The number of ether oxygens (including phenoxy) is 1. The van der Waals surface area contributed by atoms with Crippen LogP contribution in [0.5, 0.6) is 0 Å². The zero-order valence-electron chi connectivity index (χ0n) is 10.1. The monoisotopic (exact) mass is 234 g/mol. The van der Waals surface area contributed by atoms with Crippen molar-refractivity contribution >= 4 is 17.3 Å². The summed E-state index contributed by atoms with van der Waals surface area (Å²) in [4.78, 5) is 13.7. The van der Waals surface area contributed by atoms with Crippen LogP contribution in [-0.2, 0) is 4.74 Å². The first-order valence-corrected chi connectivity index (χ1v) is 5.95. The van der Waals surface area contributed by atoms with Gasteiger partial charge in [-0.05, 0) is 37.5 Å². The van der Waals surface area contributed by atoms with Gasteiger partial charge < -0.3 is 15.4 Å². The Morgan fingerprint density at radius 2 is 2.00 bits per heavy atom. The molecule has 1 aromatic carbocycles. The van der Waals surface area contributed by atoms with Crippen molar-refractivity contribution < 1.29 is 9.53 Å². The minimum atomic E-state index is -0.382. The molecule has 0 radical (unpaired) electrons. The Kier molecular flexibility index (Phi) is 3.52. The van der Waals surface area contributed by atoms with Crippen molar-refractivity contribution in [2.45, 2.75) is 19.3 Å². The van der Waals surface area contributed by atoms with Crippen molar-refractivity contribution in [3.8, 4) is 0 Å². The SMILES string of the molecule is COC(=O)c1ccc(N2CCCCC2)cc1N. The van der Waals surface area contributed by atoms with Crippen molar-refractivity contribution in [1.82, 2.24) is 0 Å². The molecule has 2 N–H and O–H groups in total. The molecule has 0 spiro atoms. The maximum atomic E-state index is 11.4. The number of nitrogen functional groups attached to an aromatic ring is 1. The lowest BCUT2D eigenvalue weighted by molar-refractivity contribution is 0.0602. The van der Waals surface area contributed by atoms with Crippen LogP contribution in [0.15, 0.2) is 18.2 Å². The van der Waals surface area contributed by atoms with E-state index < -0.39 is 0 Å². The van der Waals surface area contributed by atoms with E-state index in [1.54, 1.807) is 6.07 Å². The van der Waals surface area contributed by atoms with Gasteiger partial charge in [0.1, 0.15) is 0 Å². The Morgan fingerprint density at radius 1 is 1.29 bits per heavy atom. The fourth-order valence-electron chi connectivity index (χ4n) is 2.19. The number of rotatable bonds is 2. The minimum absolute atomic E-state index is 0.382. The first-order valence-electron chi connectivity index (χ1n) is 5.95. The smallest absolute Gasteiger partial charge is 0.339 e. The molecule has 92 valence electrons. The fourth-order valence-corrected chi connectivity index (χ4v) is 2.19. The Morgan fingerprint density at radius 3 is 2.59 bits per heavy atom. The van der Waals surface area contributed by atoms with Crippen molar-refractivity contribution in [2.75, 3.05) is 30.8 Å². The van der Waals surface area contributed by atoms with E-state index in [4.69, 9.17) is 5.73 Å². The van der Waals surface area contributed by atoms with E-state index in [9.17, 15) is 4.79 Å². The predicted octanol–water partition coefficient (Wildman–Crippen LogP) is 2.05. The van der Waals surface area contributed by atoms with Gasteiger partial charge in [0.05, 0.1) is 12.7 Å². The molecule has 1 aliphatic rings. The molecular weight excluding hydrogens is 216 g/mol. The summed E-state index contributed by atoms with van der Waals surface area (Å²) >= 11 is 0. The summed E-state index contributed by atoms with van der Waals surface area (Å²) in [7, 11) is 1.36. The van der Waals surface area contributed by atoms with Crippen molar-refractivity contribution in [2.24, 2.45) is 0 Å². The Hall–Kier alpha value is -1.71. The van der Waals surface area contributed by atoms with Gasteiger partial charge in [-0.3, -0.25) is 0 Å². The van der Waals surface area contributed by atoms with E-state index in [1.807, 2.05) is 12.1 Å². The lowest BCUT2D eigenvalue weighted by Crippen LogP contribution is -2.29. The van der Waals surface area contributed by atoms with Crippen LogP contribution in [0, 0.1) is 0 Å². The number of carbonyl (C=O) groups is 1. The molecule has 2 rings (SSSR count). The third kappa shape index (κ3) is 2.52. The average molecular weight is 234 g/mol. The number of esters is 1. The third-order valence-corrected chi connectivity index (χ3v) is 3.16. The quantitative estimate of drug-likeness (QED) is 0.628. The van der Waals surface area contributed by atoms with Crippen LogP contribution in [0.3, 0.4) is 0 Å². The molecule has 1 heterocycles. The summed E-state index contributed by atoms with van der Waals surface area (Å²) in [6.07, 6.45) is 3.74. The van der Waals surface area contributed by atoms with Crippen LogP contribution in [0.1, 0.15) is 29.6 Å². The number of benzene rings is 1. The van der Waals surface area contributed by atoms with E-state index in [0.717, 1.165) is 18.8 Å². The number of hydrogen-bond acceptors (Lipinski definition) is 4. The topological polar surface area (TPSA) is 55.6 Å². The van der Waals surface area contributed by atoms with Crippen LogP contribution in [0.25, 0.3) is 0 Å². The zero-order valence-corrected chi connectivity index (χ0v) is 10.1. The van der Waals surface area contributed by atoms with Crippen LogP contribution >= 0.6 is 0 Å². The van der Waals surface area contributed by atoms with Gasteiger partial charge in [0.2, 0.25) is 0 Å². The predicted molar refractivity (Wildman–Crippen MR) is 68.3 cm³/mol. The fraction of sp³-hybridized carbons (Fsp3) is 0.462. The molecule has 0 aromatic heterocycles. The van der Waals surface area contributed by atoms with Crippen molar-refractivity contribution in [3.05, 3.63) is 23.8 Å². The number of carbonyl (C=O) groups excluding carboxylic acids is 1. The van der Waals surface area contributed by atoms with Crippen LogP contribution in [0.4, 0.5) is 11.4 Å². The minimum Gasteiger partial charge on any atom is -0.465 e. The summed E-state index contributed by atoms with van der Waals surface area (Å²) in [5.74, 6) is -0.382. The number of piperidine rings is 1. The summed E-state index contributed by atoms with van der Waals surface area (Å²) in [6.45, 7) is 2.13.